The van der Waals surface area contributed by atoms with Gasteiger partial charge in [0.05, 0.1) is 13.2 Å². The first-order valence-electron chi connectivity index (χ1n) is 11.2. The van der Waals surface area contributed by atoms with Gasteiger partial charge in [0.1, 0.15) is 11.5 Å². The zero-order valence-electron chi connectivity index (χ0n) is 19.0. The van der Waals surface area contributed by atoms with Crippen molar-refractivity contribution in [1.29, 1.82) is 0 Å². The van der Waals surface area contributed by atoms with E-state index in [1.54, 1.807) is 55.5 Å². The highest BCUT2D eigenvalue weighted by molar-refractivity contribution is 5.95. The van der Waals surface area contributed by atoms with E-state index in [1.165, 1.54) is 0 Å². The van der Waals surface area contributed by atoms with Crippen molar-refractivity contribution in [2.24, 2.45) is 5.92 Å². The van der Waals surface area contributed by atoms with Gasteiger partial charge in [-0.2, -0.15) is 0 Å². The maximum absolute atomic E-state index is 12.8. The zero-order valence-corrected chi connectivity index (χ0v) is 19.0. The number of nitrogens with zero attached hydrogens (tertiary/aromatic N) is 1. The number of nitrogens with one attached hydrogen (secondary N) is 1. The molecular formula is C25H30N2O6. The molecule has 1 aliphatic rings. The number of hydrogen-bond acceptors (Lipinski definition) is 6. The second kappa shape index (κ2) is 11.9. The standard InChI is InChI=1S/C25H30N2O6/c1-3-31-21-9-5-19(6-10-21)23(28)26-17-18-13-15-27(16-14-18)24(29)20-7-11-22(12-8-20)33-25(30)32-4-2/h5-12,18H,3-4,13-17H2,1-2H3,(H,26,28). The fourth-order valence-electron chi connectivity index (χ4n) is 3.64. The van der Waals surface area contributed by atoms with E-state index in [-0.39, 0.29) is 18.4 Å². The smallest absolute Gasteiger partial charge is 0.494 e. The lowest BCUT2D eigenvalue weighted by Gasteiger charge is -2.32. The average molecular weight is 455 g/mol. The van der Waals surface area contributed by atoms with Crippen molar-refractivity contribution in [2.45, 2.75) is 26.7 Å². The van der Waals surface area contributed by atoms with Crippen molar-refractivity contribution in [3.8, 4) is 11.5 Å². The van der Waals surface area contributed by atoms with Gasteiger partial charge in [0.25, 0.3) is 11.8 Å². The molecule has 176 valence electrons. The van der Waals surface area contributed by atoms with Crippen LogP contribution in [0.3, 0.4) is 0 Å². The Hall–Kier alpha value is -3.55. The van der Waals surface area contributed by atoms with Gasteiger partial charge in [-0.05, 0) is 81.1 Å². The third-order valence-corrected chi connectivity index (χ3v) is 5.45. The number of rotatable bonds is 8. The molecule has 1 heterocycles. The Morgan fingerprint density at radius 1 is 0.879 bits per heavy atom. The molecule has 0 atom stereocenters. The molecule has 0 spiro atoms. The van der Waals surface area contributed by atoms with Gasteiger partial charge >= 0.3 is 6.16 Å². The number of likely N-dealkylation sites (tertiary alicyclic amines) is 1. The summed E-state index contributed by atoms with van der Waals surface area (Å²) in [5.74, 6) is 1.22. The third kappa shape index (κ3) is 6.97. The van der Waals surface area contributed by atoms with Crippen LogP contribution in [-0.2, 0) is 4.74 Å². The molecule has 0 unspecified atom stereocenters. The van der Waals surface area contributed by atoms with E-state index in [1.807, 2.05) is 11.8 Å². The van der Waals surface area contributed by atoms with Gasteiger partial charge < -0.3 is 24.4 Å². The fraction of sp³-hybridized carbons (Fsp3) is 0.400. The summed E-state index contributed by atoms with van der Waals surface area (Å²) in [5, 5.41) is 2.99. The number of carbonyl (C=O) groups is 3. The molecule has 1 saturated heterocycles. The van der Waals surface area contributed by atoms with Crippen molar-refractivity contribution >= 4 is 18.0 Å². The predicted molar refractivity (Wildman–Crippen MR) is 123 cm³/mol. The van der Waals surface area contributed by atoms with Crippen molar-refractivity contribution < 1.29 is 28.6 Å². The first kappa shape index (κ1) is 24.1. The van der Waals surface area contributed by atoms with E-state index >= 15 is 0 Å². The number of benzene rings is 2. The summed E-state index contributed by atoms with van der Waals surface area (Å²) < 4.78 is 15.1. The molecule has 0 saturated carbocycles. The molecule has 0 aliphatic carbocycles. The van der Waals surface area contributed by atoms with E-state index in [0.29, 0.717) is 49.0 Å². The molecule has 3 rings (SSSR count). The second-order valence-corrected chi connectivity index (χ2v) is 7.71. The van der Waals surface area contributed by atoms with Gasteiger partial charge in [0.15, 0.2) is 0 Å². The molecule has 1 fully saturated rings. The quantitative estimate of drug-likeness (QED) is 0.480. The van der Waals surface area contributed by atoms with Crippen LogP contribution in [0.2, 0.25) is 0 Å². The Labute approximate surface area is 193 Å². The fourth-order valence-corrected chi connectivity index (χ4v) is 3.64. The monoisotopic (exact) mass is 454 g/mol. The molecule has 8 heteroatoms. The molecule has 1 N–H and O–H groups in total. The van der Waals surface area contributed by atoms with Crippen LogP contribution in [0.5, 0.6) is 11.5 Å². The molecule has 0 aromatic heterocycles. The Morgan fingerprint density at radius 3 is 2.09 bits per heavy atom. The van der Waals surface area contributed by atoms with Gasteiger partial charge in [-0.1, -0.05) is 0 Å². The van der Waals surface area contributed by atoms with Gasteiger partial charge in [0, 0.05) is 30.8 Å². The average Bonchev–Trinajstić information content (AvgIpc) is 2.84. The molecule has 1 aliphatic heterocycles. The minimum atomic E-state index is -0.770. The molecule has 0 bridgehead atoms. The highest BCUT2D eigenvalue weighted by atomic mass is 16.7. The molecule has 8 nitrogen and oxygen atoms in total. The van der Waals surface area contributed by atoms with Crippen LogP contribution in [-0.4, -0.2) is 55.7 Å². The van der Waals surface area contributed by atoms with Crippen molar-refractivity contribution in [1.82, 2.24) is 10.2 Å². The molecule has 2 amide bonds. The first-order valence-corrected chi connectivity index (χ1v) is 11.2. The predicted octanol–water partition coefficient (Wildman–Crippen LogP) is 3.90. The maximum atomic E-state index is 12.8. The Kier molecular flexibility index (Phi) is 8.69. The summed E-state index contributed by atoms with van der Waals surface area (Å²) in [4.78, 5) is 38.4. The van der Waals surface area contributed by atoms with Crippen molar-refractivity contribution in [2.75, 3.05) is 32.8 Å². The number of carbonyl (C=O) groups excluding carboxylic acids is 3. The van der Waals surface area contributed by atoms with E-state index in [4.69, 9.17) is 14.2 Å². The van der Waals surface area contributed by atoms with E-state index < -0.39 is 6.16 Å². The Balaban J connectivity index is 1.43. The Bertz CT molecular complexity index is 934. The van der Waals surface area contributed by atoms with Crippen LogP contribution in [0.4, 0.5) is 4.79 Å². The lowest BCUT2D eigenvalue weighted by molar-refractivity contribution is 0.0684. The highest BCUT2D eigenvalue weighted by Crippen LogP contribution is 2.20. The summed E-state index contributed by atoms with van der Waals surface area (Å²) in [6.07, 6.45) is 0.867. The van der Waals surface area contributed by atoms with Gasteiger partial charge in [-0.15, -0.1) is 0 Å². The first-order chi connectivity index (χ1) is 16.0. The van der Waals surface area contributed by atoms with Crippen LogP contribution < -0.4 is 14.8 Å². The lowest BCUT2D eigenvalue weighted by Crippen LogP contribution is -2.41. The van der Waals surface area contributed by atoms with Crippen molar-refractivity contribution in [3.05, 3.63) is 59.7 Å². The van der Waals surface area contributed by atoms with Crippen LogP contribution in [0, 0.1) is 5.92 Å². The normalized spacial score (nSPS) is 13.8. The molecule has 0 radical (unpaired) electrons. The van der Waals surface area contributed by atoms with Gasteiger partial charge in [-0.3, -0.25) is 9.59 Å². The zero-order chi connectivity index (χ0) is 23.6. The summed E-state index contributed by atoms with van der Waals surface area (Å²) in [7, 11) is 0. The van der Waals surface area contributed by atoms with Gasteiger partial charge in [-0.25, -0.2) is 4.79 Å². The number of hydrogen-bond donors (Lipinski definition) is 1. The summed E-state index contributed by atoms with van der Waals surface area (Å²) in [5.41, 5.74) is 1.13. The minimum Gasteiger partial charge on any atom is -0.494 e. The topological polar surface area (TPSA) is 94.2 Å². The number of ether oxygens (including phenoxy) is 3. The third-order valence-electron chi connectivity index (χ3n) is 5.45. The SMILES string of the molecule is CCOC(=O)Oc1ccc(C(=O)N2CCC(CNC(=O)c3ccc(OCC)cc3)CC2)cc1. The van der Waals surface area contributed by atoms with Gasteiger partial charge in [0.2, 0.25) is 0 Å². The van der Waals surface area contributed by atoms with Crippen LogP contribution in [0.15, 0.2) is 48.5 Å². The lowest BCUT2D eigenvalue weighted by atomic mass is 9.96. The molecule has 33 heavy (non-hydrogen) atoms. The maximum Gasteiger partial charge on any atom is 0.513 e. The molecular weight excluding hydrogens is 424 g/mol. The summed E-state index contributed by atoms with van der Waals surface area (Å²) in [6.45, 7) is 6.26. The molecule has 2 aromatic carbocycles. The van der Waals surface area contributed by atoms with Crippen molar-refractivity contribution in [3.63, 3.8) is 0 Å². The van der Waals surface area contributed by atoms with E-state index in [9.17, 15) is 14.4 Å². The number of piperidine rings is 1. The summed E-state index contributed by atoms with van der Waals surface area (Å²) in [6, 6.07) is 13.5. The second-order valence-electron chi connectivity index (χ2n) is 7.71. The Morgan fingerprint density at radius 2 is 1.48 bits per heavy atom. The van der Waals surface area contributed by atoms with E-state index in [2.05, 4.69) is 5.32 Å². The summed E-state index contributed by atoms with van der Waals surface area (Å²) >= 11 is 0. The van der Waals surface area contributed by atoms with Crippen LogP contribution in [0.1, 0.15) is 47.4 Å². The number of amides is 2. The molecule has 2 aromatic rings. The van der Waals surface area contributed by atoms with E-state index in [0.717, 1.165) is 18.6 Å². The highest BCUT2D eigenvalue weighted by Gasteiger charge is 2.24. The largest absolute Gasteiger partial charge is 0.513 e. The minimum absolute atomic E-state index is 0.0606. The van der Waals surface area contributed by atoms with Crippen LogP contribution in [0.25, 0.3) is 0 Å². The van der Waals surface area contributed by atoms with Crippen LogP contribution >= 0.6 is 0 Å².